The van der Waals surface area contributed by atoms with Gasteiger partial charge < -0.3 is 10.1 Å². The molecule has 0 radical (unpaired) electrons. The Bertz CT molecular complexity index is 213. The van der Waals surface area contributed by atoms with E-state index in [0.717, 1.165) is 0 Å². The molecular weight excluding hydrogens is 172 g/mol. The van der Waals surface area contributed by atoms with Crippen molar-refractivity contribution in [2.24, 2.45) is 0 Å². The molecule has 13 heavy (non-hydrogen) atoms. The van der Waals surface area contributed by atoms with Gasteiger partial charge >= 0.3 is 6.03 Å². The monoisotopic (exact) mass is 186 g/mol. The van der Waals surface area contributed by atoms with E-state index in [0.29, 0.717) is 0 Å². The minimum Gasteiger partial charge on any atom is -0.380 e. The fourth-order valence-corrected chi connectivity index (χ4v) is 1.25. The number of hydrogen-bond acceptors (Lipinski definition) is 3. The van der Waals surface area contributed by atoms with Crippen molar-refractivity contribution in [2.75, 3.05) is 13.7 Å². The molecule has 0 aromatic rings. The number of imide groups is 1. The Labute approximate surface area is 77.0 Å². The number of rotatable bonds is 3. The summed E-state index contributed by atoms with van der Waals surface area (Å²) in [5.41, 5.74) is 0. The zero-order valence-electron chi connectivity index (χ0n) is 8.03. The molecule has 5 heteroatoms. The van der Waals surface area contributed by atoms with Gasteiger partial charge in [0.05, 0.1) is 18.7 Å². The molecule has 5 nitrogen and oxygen atoms in total. The fraction of sp³-hybridized carbons (Fsp3) is 0.750. The van der Waals surface area contributed by atoms with Crippen LogP contribution in [0.5, 0.6) is 0 Å². The Balaban J connectivity index is 2.69. The van der Waals surface area contributed by atoms with Crippen molar-refractivity contribution in [1.82, 2.24) is 10.2 Å². The summed E-state index contributed by atoms with van der Waals surface area (Å²) in [6.45, 7) is 3.71. The molecule has 0 aromatic heterocycles. The smallest absolute Gasteiger partial charge is 0.324 e. The Morgan fingerprint density at radius 3 is 2.46 bits per heavy atom. The molecule has 1 heterocycles. The molecular formula is C8H14N2O3. The number of ether oxygens (including phenoxy) is 1. The molecule has 1 aliphatic heterocycles. The van der Waals surface area contributed by atoms with Crippen LogP contribution in [0.2, 0.25) is 0 Å². The Morgan fingerprint density at radius 2 is 2.08 bits per heavy atom. The third-order valence-corrected chi connectivity index (χ3v) is 2.34. The number of nitrogens with one attached hydrogen (secondary N) is 1. The Morgan fingerprint density at radius 1 is 1.46 bits per heavy atom. The quantitative estimate of drug-likeness (QED) is 0.629. The van der Waals surface area contributed by atoms with Gasteiger partial charge in [-0.2, -0.15) is 0 Å². The average Bonchev–Trinajstić information content (AvgIpc) is 2.44. The summed E-state index contributed by atoms with van der Waals surface area (Å²) < 4.78 is 5.05. The van der Waals surface area contributed by atoms with Gasteiger partial charge in [-0.05, 0) is 13.8 Å². The van der Waals surface area contributed by atoms with Crippen LogP contribution in [0, 0.1) is 0 Å². The van der Waals surface area contributed by atoms with Crippen molar-refractivity contribution >= 4 is 11.9 Å². The van der Waals surface area contributed by atoms with E-state index in [-0.39, 0.29) is 30.6 Å². The molecule has 2 atom stereocenters. The first-order valence-corrected chi connectivity index (χ1v) is 4.20. The second kappa shape index (κ2) is 3.74. The number of nitrogens with zero attached hydrogens (tertiary/aromatic N) is 1. The molecule has 0 spiro atoms. The normalized spacial score (nSPS) is 21.6. The van der Waals surface area contributed by atoms with Gasteiger partial charge in [-0.25, -0.2) is 4.79 Å². The predicted molar refractivity (Wildman–Crippen MR) is 46.2 cm³/mol. The molecule has 0 aliphatic carbocycles. The second-order valence-electron chi connectivity index (χ2n) is 3.10. The summed E-state index contributed by atoms with van der Waals surface area (Å²) in [5, 5.41) is 2.46. The van der Waals surface area contributed by atoms with E-state index in [1.54, 1.807) is 14.0 Å². The predicted octanol–water partition coefficient (Wildman–Crippen LogP) is -0.0384. The van der Waals surface area contributed by atoms with Crippen molar-refractivity contribution in [3.8, 4) is 0 Å². The van der Waals surface area contributed by atoms with Crippen molar-refractivity contribution < 1.29 is 14.3 Å². The van der Waals surface area contributed by atoms with Gasteiger partial charge in [0.1, 0.15) is 0 Å². The number of carbonyl (C=O) groups is 2. The van der Waals surface area contributed by atoms with E-state index in [2.05, 4.69) is 5.32 Å². The standard InChI is InChI=1S/C8H14N2O3/c1-5(6(2)13-3)10-7(11)4-9-8(10)12/h5-6H,4H2,1-3H3,(H,9,12)/t5-,6?/m1/s1. The minimum absolute atomic E-state index is 0.0968. The summed E-state index contributed by atoms with van der Waals surface area (Å²) in [4.78, 5) is 23.6. The molecule has 0 saturated carbocycles. The maximum Gasteiger partial charge on any atom is 0.324 e. The largest absolute Gasteiger partial charge is 0.380 e. The molecule has 1 unspecified atom stereocenters. The first-order valence-electron chi connectivity index (χ1n) is 4.20. The van der Waals surface area contributed by atoms with Crippen molar-refractivity contribution in [1.29, 1.82) is 0 Å². The van der Waals surface area contributed by atoms with E-state index in [9.17, 15) is 9.59 Å². The van der Waals surface area contributed by atoms with Gasteiger partial charge in [-0.1, -0.05) is 0 Å². The maximum absolute atomic E-state index is 11.2. The molecule has 1 aliphatic rings. The van der Waals surface area contributed by atoms with Gasteiger partial charge in [0.2, 0.25) is 5.91 Å². The van der Waals surface area contributed by atoms with Crippen LogP contribution >= 0.6 is 0 Å². The lowest BCUT2D eigenvalue weighted by Crippen LogP contribution is -2.45. The zero-order chi connectivity index (χ0) is 10.0. The number of carbonyl (C=O) groups excluding carboxylic acids is 2. The molecule has 1 fully saturated rings. The lowest BCUT2D eigenvalue weighted by atomic mass is 10.2. The van der Waals surface area contributed by atoms with Crippen molar-refractivity contribution in [3.05, 3.63) is 0 Å². The van der Waals surface area contributed by atoms with E-state index in [4.69, 9.17) is 4.74 Å². The number of methoxy groups -OCH3 is 1. The fourth-order valence-electron chi connectivity index (χ4n) is 1.25. The van der Waals surface area contributed by atoms with E-state index < -0.39 is 0 Å². The molecule has 1 rings (SSSR count). The number of hydrogen-bond donors (Lipinski definition) is 1. The lowest BCUT2D eigenvalue weighted by molar-refractivity contribution is -0.128. The SMILES string of the molecule is COC(C)[C@@H](C)N1C(=O)CNC1=O. The van der Waals surface area contributed by atoms with Crippen molar-refractivity contribution in [3.63, 3.8) is 0 Å². The summed E-state index contributed by atoms with van der Waals surface area (Å²) in [6.07, 6.45) is -0.146. The third kappa shape index (κ3) is 1.80. The van der Waals surface area contributed by atoms with Gasteiger partial charge in [0.25, 0.3) is 0 Å². The molecule has 3 amide bonds. The molecule has 74 valence electrons. The highest BCUT2D eigenvalue weighted by molar-refractivity contribution is 6.02. The molecule has 0 aromatic carbocycles. The maximum atomic E-state index is 11.2. The molecule has 0 bridgehead atoms. The van der Waals surface area contributed by atoms with Crippen LogP contribution < -0.4 is 5.32 Å². The van der Waals surface area contributed by atoms with Crippen LogP contribution in [-0.4, -0.2) is 42.6 Å². The second-order valence-corrected chi connectivity index (χ2v) is 3.10. The highest BCUT2D eigenvalue weighted by Crippen LogP contribution is 2.10. The average molecular weight is 186 g/mol. The van der Waals surface area contributed by atoms with E-state index >= 15 is 0 Å². The van der Waals surface area contributed by atoms with Gasteiger partial charge in [0.15, 0.2) is 0 Å². The highest BCUT2D eigenvalue weighted by atomic mass is 16.5. The first kappa shape index (κ1) is 9.98. The van der Waals surface area contributed by atoms with Crippen LogP contribution in [0.25, 0.3) is 0 Å². The van der Waals surface area contributed by atoms with Crippen LogP contribution in [0.4, 0.5) is 4.79 Å². The van der Waals surface area contributed by atoms with Crippen LogP contribution in [0.15, 0.2) is 0 Å². The first-order chi connectivity index (χ1) is 6.07. The summed E-state index contributed by atoms with van der Waals surface area (Å²) in [7, 11) is 1.56. The summed E-state index contributed by atoms with van der Waals surface area (Å²) in [5.74, 6) is -0.193. The molecule has 1 N–H and O–H groups in total. The lowest BCUT2D eigenvalue weighted by Gasteiger charge is -2.25. The Kier molecular flexibility index (Phi) is 2.87. The van der Waals surface area contributed by atoms with Gasteiger partial charge in [-0.3, -0.25) is 9.69 Å². The third-order valence-electron chi connectivity index (χ3n) is 2.34. The topological polar surface area (TPSA) is 58.6 Å². The summed E-state index contributed by atoms with van der Waals surface area (Å²) in [6, 6.07) is -0.554. The number of urea groups is 1. The van der Waals surface area contributed by atoms with Gasteiger partial charge in [-0.15, -0.1) is 0 Å². The Hall–Kier alpha value is -1.10. The van der Waals surface area contributed by atoms with Crippen molar-refractivity contribution in [2.45, 2.75) is 26.0 Å². The summed E-state index contributed by atoms with van der Waals surface area (Å²) >= 11 is 0. The van der Waals surface area contributed by atoms with E-state index in [1.807, 2.05) is 6.92 Å². The minimum atomic E-state index is -0.332. The van der Waals surface area contributed by atoms with Crippen LogP contribution in [0.1, 0.15) is 13.8 Å². The highest BCUT2D eigenvalue weighted by Gasteiger charge is 2.34. The van der Waals surface area contributed by atoms with E-state index in [1.165, 1.54) is 4.90 Å². The van der Waals surface area contributed by atoms with Gasteiger partial charge in [0, 0.05) is 7.11 Å². The number of amides is 3. The zero-order valence-corrected chi connectivity index (χ0v) is 8.03. The van der Waals surface area contributed by atoms with Crippen LogP contribution in [-0.2, 0) is 9.53 Å². The van der Waals surface area contributed by atoms with Crippen LogP contribution in [0.3, 0.4) is 0 Å². The molecule has 1 saturated heterocycles.